The average Bonchev–Trinajstić information content (AvgIpc) is 2.29. The maximum absolute atomic E-state index is 6.06. The van der Waals surface area contributed by atoms with Gasteiger partial charge >= 0.3 is 0 Å². The van der Waals surface area contributed by atoms with Crippen molar-refractivity contribution in [2.75, 3.05) is 11.1 Å². The number of aryl methyl sites for hydroxylation is 1. The molecule has 1 heterocycles. The minimum atomic E-state index is 0.613. The summed E-state index contributed by atoms with van der Waals surface area (Å²) < 4.78 is 0.974. The molecule has 0 atom stereocenters. The molecule has 2 rings (SSSR count). The molecule has 0 saturated heterocycles. The summed E-state index contributed by atoms with van der Waals surface area (Å²) in [4.78, 5) is 4.38. The lowest BCUT2D eigenvalue weighted by molar-refractivity contribution is 1.18. The van der Waals surface area contributed by atoms with Crippen molar-refractivity contribution in [1.29, 1.82) is 0 Å². The van der Waals surface area contributed by atoms with Crippen LogP contribution in [0.25, 0.3) is 0 Å². The second-order valence-corrected chi connectivity index (χ2v) is 4.89. The zero-order valence-corrected chi connectivity index (χ0v) is 11.5. The fourth-order valence-electron chi connectivity index (χ4n) is 1.39. The lowest BCUT2D eigenvalue weighted by Crippen LogP contribution is -1.97. The topological polar surface area (TPSA) is 50.9 Å². The van der Waals surface area contributed by atoms with E-state index in [4.69, 9.17) is 17.3 Å². The van der Waals surface area contributed by atoms with Crippen molar-refractivity contribution in [2.24, 2.45) is 0 Å². The fraction of sp³-hybridized carbons (Fsp3) is 0.0833. The number of hydrogen-bond donors (Lipinski definition) is 2. The molecular weight excluding hydrogens is 302 g/mol. The predicted octanol–water partition coefficient (Wildman–Crippen LogP) is 4.13. The minimum absolute atomic E-state index is 0.613. The minimum Gasteiger partial charge on any atom is -0.399 e. The fourth-order valence-corrected chi connectivity index (χ4v) is 1.78. The number of aromatic nitrogens is 1. The van der Waals surface area contributed by atoms with Gasteiger partial charge in [0.15, 0.2) is 0 Å². The first kappa shape index (κ1) is 12.2. The van der Waals surface area contributed by atoms with Crippen LogP contribution in [0.15, 0.2) is 34.8 Å². The van der Waals surface area contributed by atoms with Gasteiger partial charge in [0.1, 0.15) is 5.82 Å². The lowest BCUT2D eigenvalue weighted by Gasteiger charge is -2.09. The van der Waals surface area contributed by atoms with Gasteiger partial charge in [0.05, 0.1) is 16.4 Å². The Kier molecular flexibility index (Phi) is 3.54. The van der Waals surface area contributed by atoms with E-state index in [0.717, 1.165) is 21.7 Å². The van der Waals surface area contributed by atoms with Crippen molar-refractivity contribution < 1.29 is 0 Å². The molecule has 0 fully saturated rings. The van der Waals surface area contributed by atoms with Gasteiger partial charge in [0.2, 0.25) is 0 Å². The Morgan fingerprint density at radius 2 is 2.06 bits per heavy atom. The molecule has 2 aromatic rings. The first-order valence-corrected chi connectivity index (χ1v) is 6.18. The van der Waals surface area contributed by atoms with Crippen LogP contribution in [0.2, 0.25) is 5.02 Å². The van der Waals surface area contributed by atoms with Crippen molar-refractivity contribution in [3.8, 4) is 0 Å². The van der Waals surface area contributed by atoms with Crippen LogP contribution in [0.5, 0.6) is 0 Å². The zero-order valence-electron chi connectivity index (χ0n) is 9.17. The van der Waals surface area contributed by atoms with E-state index in [-0.39, 0.29) is 0 Å². The van der Waals surface area contributed by atoms with Gasteiger partial charge in [-0.05, 0) is 53.2 Å². The summed E-state index contributed by atoms with van der Waals surface area (Å²) in [5.41, 5.74) is 8.03. The average molecular weight is 313 g/mol. The molecular formula is C12H11BrClN3. The van der Waals surface area contributed by atoms with Gasteiger partial charge in [0.25, 0.3) is 0 Å². The lowest BCUT2D eigenvalue weighted by atomic mass is 10.2. The molecule has 1 aromatic carbocycles. The number of anilines is 3. The molecule has 0 unspecified atom stereocenters. The first-order valence-electron chi connectivity index (χ1n) is 5.01. The van der Waals surface area contributed by atoms with E-state index in [2.05, 4.69) is 26.2 Å². The highest BCUT2D eigenvalue weighted by Gasteiger charge is 2.03. The zero-order chi connectivity index (χ0) is 12.4. The number of rotatable bonds is 2. The number of nitrogens with two attached hydrogens (primary N) is 1. The molecule has 17 heavy (non-hydrogen) atoms. The maximum Gasteiger partial charge on any atom is 0.130 e. The van der Waals surface area contributed by atoms with Gasteiger partial charge in [-0.25, -0.2) is 4.98 Å². The van der Waals surface area contributed by atoms with Crippen LogP contribution >= 0.6 is 27.5 Å². The Hall–Kier alpha value is -1.26. The van der Waals surface area contributed by atoms with Crippen molar-refractivity contribution in [3.63, 3.8) is 0 Å². The molecule has 3 N–H and O–H groups in total. The first-order chi connectivity index (χ1) is 8.06. The second kappa shape index (κ2) is 4.94. The van der Waals surface area contributed by atoms with Gasteiger partial charge < -0.3 is 11.1 Å². The highest BCUT2D eigenvalue weighted by molar-refractivity contribution is 9.10. The van der Waals surface area contributed by atoms with Crippen LogP contribution in [-0.2, 0) is 0 Å². The molecule has 88 valence electrons. The monoisotopic (exact) mass is 311 g/mol. The van der Waals surface area contributed by atoms with Crippen LogP contribution in [0.4, 0.5) is 17.2 Å². The Bertz CT molecular complexity index is 557. The highest BCUT2D eigenvalue weighted by atomic mass is 79.9. The maximum atomic E-state index is 6.06. The molecule has 5 heteroatoms. The van der Waals surface area contributed by atoms with Crippen LogP contribution in [0.3, 0.4) is 0 Å². The molecule has 0 bridgehead atoms. The third-order valence-corrected chi connectivity index (χ3v) is 3.44. The van der Waals surface area contributed by atoms with Gasteiger partial charge in [-0.1, -0.05) is 11.6 Å². The van der Waals surface area contributed by atoms with E-state index in [1.54, 1.807) is 18.2 Å². The van der Waals surface area contributed by atoms with Crippen molar-refractivity contribution >= 4 is 44.7 Å². The Labute approximate surface area is 113 Å². The smallest absolute Gasteiger partial charge is 0.130 e. The summed E-state index contributed by atoms with van der Waals surface area (Å²) >= 11 is 9.47. The van der Waals surface area contributed by atoms with Crippen LogP contribution in [-0.4, -0.2) is 4.98 Å². The van der Waals surface area contributed by atoms with Gasteiger partial charge in [-0.15, -0.1) is 0 Å². The molecule has 0 amide bonds. The molecule has 1 aromatic heterocycles. The summed E-state index contributed by atoms with van der Waals surface area (Å²) in [7, 11) is 0. The SMILES string of the molecule is Cc1nc(Nc2cc(N)ccc2Cl)ccc1Br. The number of pyridine rings is 1. The van der Waals surface area contributed by atoms with Gasteiger partial charge in [-0.3, -0.25) is 0 Å². The van der Waals surface area contributed by atoms with Crippen molar-refractivity contribution in [2.45, 2.75) is 6.92 Å². The highest BCUT2D eigenvalue weighted by Crippen LogP contribution is 2.27. The molecule has 0 aliphatic heterocycles. The molecule has 0 aliphatic carbocycles. The third-order valence-electron chi connectivity index (χ3n) is 2.27. The van der Waals surface area contributed by atoms with E-state index < -0.39 is 0 Å². The Morgan fingerprint density at radius 3 is 2.76 bits per heavy atom. The van der Waals surface area contributed by atoms with Crippen molar-refractivity contribution in [1.82, 2.24) is 4.98 Å². The summed E-state index contributed by atoms with van der Waals surface area (Å²) in [5, 5.41) is 3.75. The number of hydrogen-bond acceptors (Lipinski definition) is 3. The Morgan fingerprint density at radius 1 is 1.29 bits per heavy atom. The van der Waals surface area contributed by atoms with Crippen LogP contribution in [0, 0.1) is 6.92 Å². The normalized spacial score (nSPS) is 10.3. The molecule has 3 nitrogen and oxygen atoms in total. The Balaban J connectivity index is 2.31. The number of nitrogens with one attached hydrogen (secondary N) is 1. The van der Waals surface area contributed by atoms with Crippen LogP contribution < -0.4 is 11.1 Å². The number of nitrogen functional groups attached to an aromatic ring is 1. The van der Waals surface area contributed by atoms with Gasteiger partial charge in [-0.2, -0.15) is 0 Å². The predicted molar refractivity (Wildman–Crippen MR) is 75.8 cm³/mol. The quantitative estimate of drug-likeness (QED) is 0.820. The third kappa shape index (κ3) is 2.90. The summed E-state index contributed by atoms with van der Waals surface area (Å²) in [5.74, 6) is 0.734. The number of halogens is 2. The number of benzene rings is 1. The molecule has 0 spiro atoms. The standard InChI is InChI=1S/C12H11BrClN3/c1-7-9(13)3-5-12(16-7)17-11-6-8(15)2-4-10(11)14/h2-6H,15H2,1H3,(H,16,17). The van der Waals surface area contributed by atoms with E-state index in [0.29, 0.717) is 10.7 Å². The van der Waals surface area contributed by atoms with E-state index >= 15 is 0 Å². The van der Waals surface area contributed by atoms with E-state index in [1.807, 2.05) is 19.1 Å². The largest absolute Gasteiger partial charge is 0.399 e. The molecule has 0 aliphatic rings. The van der Waals surface area contributed by atoms with Crippen LogP contribution in [0.1, 0.15) is 5.69 Å². The van der Waals surface area contributed by atoms with Crippen molar-refractivity contribution in [3.05, 3.63) is 45.5 Å². The second-order valence-electron chi connectivity index (χ2n) is 3.63. The molecule has 0 radical (unpaired) electrons. The summed E-state index contributed by atoms with van der Waals surface area (Å²) in [6.45, 7) is 1.93. The van der Waals surface area contributed by atoms with E-state index in [9.17, 15) is 0 Å². The van der Waals surface area contributed by atoms with E-state index in [1.165, 1.54) is 0 Å². The summed E-state index contributed by atoms with van der Waals surface area (Å²) in [6.07, 6.45) is 0. The summed E-state index contributed by atoms with van der Waals surface area (Å²) in [6, 6.07) is 9.10. The van der Waals surface area contributed by atoms with Gasteiger partial charge in [0, 0.05) is 10.2 Å². The number of nitrogens with zero attached hydrogens (tertiary/aromatic N) is 1. The molecule has 0 saturated carbocycles.